The normalized spacial score (nSPS) is 24.2. The van der Waals surface area contributed by atoms with E-state index in [1.165, 1.54) is 0 Å². The third-order valence-electron chi connectivity index (χ3n) is 5.94. The molecule has 2 unspecified atom stereocenters. The molecule has 148 valence electrons. The summed E-state index contributed by atoms with van der Waals surface area (Å²) < 4.78 is 0. The number of amides is 2. The van der Waals surface area contributed by atoms with E-state index in [1.54, 1.807) is 0 Å². The molecule has 6 heteroatoms. The third kappa shape index (κ3) is 4.87. The summed E-state index contributed by atoms with van der Waals surface area (Å²) in [4.78, 5) is 29.0. The van der Waals surface area contributed by atoms with Gasteiger partial charge >= 0.3 is 0 Å². The number of aryl methyl sites for hydroxylation is 1. The quantitative estimate of drug-likeness (QED) is 0.819. The van der Waals surface area contributed by atoms with Gasteiger partial charge in [0.05, 0.1) is 12.6 Å². The average Bonchev–Trinajstić information content (AvgIpc) is 3.01. The summed E-state index contributed by atoms with van der Waals surface area (Å²) in [6.45, 7) is 7.13. The summed E-state index contributed by atoms with van der Waals surface area (Å²) >= 11 is 0. The number of hydrogen-bond donors (Lipinski definition) is 2. The van der Waals surface area contributed by atoms with Crippen molar-refractivity contribution in [2.24, 2.45) is 5.92 Å². The highest BCUT2D eigenvalue weighted by Crippen LogP contribution is 2.20. The number of benzene rings is 1. The van der Waals surface area contributed by atoms with Crippen LogP contribution in [0.25, 0.3) is 0 Å². The Hall–Kier alpha value is -1.92. The van der Waals surface area contributed by atoms with Crippen LogP contribution in [0, 0.1) is 12.8 Å². The minimum absolute atomic E-state index is 0.0328. The first-order valence-electron chi connectivity index (χ1n) is 10.0. The number of nitrogens with zero attached hydrogens (tertiary/aromatic N) is 2. The van der Waals surface area contributed by atoms with Gasteiger partial charge in [-0.05, 0) is 43.7 Å². The van der Waals surface area contributed by atoms with E-state index in [4.69, 9.17) is 0 Å². The van der Waals surface area contributed by atoms with Crippen LogP contribution in [0.4, 0.5) is 0 Å². The van der Waals surface area contributed by atoms with Crippen LogP contribution >= 0.6 is 0 Å². The van der Waals surface area contributed by atoms with Crippen LogP contribution in [0.5, 0.6) is 0 Å². The molecule has 2 fully saturated rings. The lowest BCUT2D eigenvalue weighted by molar-refractivity contribution is -0.133. The maximum absolute atomic E-state index is 12.6. The van der Waals surface area contributed by atoms with Gasteiger partial charge in [0.1, 0.15) is 0 Å². The Morgan fingerprint density at radius 3 is 2.52 bits per heavy atom. The van der Waals surface area contributed by atoms with Gasteiger partial charge in [-0.3, -0.25) is 14.5 Å². The molecule has 0 saturated carbocycles. The monoisotopic (exact) mass is 373 g/mol. The first-order chi connectivity index (χ1) is 13.0. The zero-order valence-electron chi connectivity index (χ0n) is 16.4. The molecule has 3 rings (SSSR count). The van der Waals surface area contributed by atoms with Crippen LogP contribution in [0.2, 0.25) is 0 Å². The second-order valence-electron chi connectivity index (χ2n) is 7.87. The Balaban J connectivity index is 1.44. The fourth-order valence-corrected chi connectivity index (χ4v) is 4.13. The Labute approximate surface area is 161 Å². The van der Waals surface area contributed by atoms with Gasteiger partial charge in [-0.25, -0.2) is 0 Å². The fraction of sp³-hybridized carbons (Fsp3) is 0.619. The van der Waals surface area contributed by atoms with Crippen LogP contribution < -0.4 is 5.32 Å². The van der Waals surface area contributed by atoms with E-state index in [0.29, 0.717) is 31.7 Å². The van der Waals surface area contributed by atoms with Crippen molar-refractivity contribution >= 4 is 11.8 Å². The summed E-state index contributed by atoms with van der Waals surface area (Å²) in [6.07, 6.45) is 2.19. The summed E-state index contributed by atoms with van der Waals surface area (Å²) in [5.74, 6) is 0.373. The smallest absolute Gasteiger partial charge is 0.251 e. The minimum Gasteiger partial charge on any atom is -0.391 e. The summed E-state index contributed by atoms with van der Waals surface area (Å²) in [5, 5.41) is 13.1. The average molecular weight is 373 g/mol. The molecule has 27 heavy (non-hydrogen) atoms. The number of hydrogen-bond acceptors (Lipinski definition) is 4. The Bertz CT molecular complexity index is 670. The summed E-state index contributed by atoms with van der Waals surface area (Å²) in [7, 11) is 0. The van der Waals surface area contributed by atoms with Crippen molar-refractivity contribution in [3.63, 3.8) is 0 Å². The van der Waals surface area contributed by atoms with E-state index in [0.717, 1.165) is 31.4 Å². The third-order valence-corrected chi connectivity index (χ3v) is 5.94. The fourth-order valence-electron chi connectivity index (χ4n) is 4.13. The van der Waals surface area contributed by atoms with Gasteiger partial charge < -0.3 is 15.3 Å². The predicted octanol–water partition coefficient (Wildman–Crippen LogP) is 1.42. The SMILES string of the molecule is CCC1CN(CC(=O)N2CCC(NC(=O)c3ccccc3C)CC2)CC1O. The van der Waals surface area contributed by atoms with Crippen molar-refractivity contribution in [1.29, 1.82) is 0 Å². The number of β-amino-alcohol motifs (C(OH)–C–C–N with tert-alkyl or cyclic N) is 1. The van der Waals surface area contributed by atoms with Crippen molar-refractivity contribution in [2.45, 2.75) is 45.3 Å². The van der Waals surface area contributed by atoms with Crippen molar-refractivity contribution in [2.75, 3.05) is 32.7 Å². The Kier molecular flexibility index (Phi) is 6.50. The van der Waals surface area contributed by atoms with Gasteiger partial charge in [0.25, 0.3) is 5.91 Å². The number of nitrogens with one attached hydrogen (secondary N) is 1. The van der Waals surface area contributed by atoms with E-state index in [2.05, 4.69) is 17.1 Å². The van der Waals surface area contributed by atoms with Gasteiger partial charge in [0.2, 0.25) is 5.91 Å². The number of rotatable bonds is 5. The molecule has 1 aromatic rings. The zero-order valence-corrected chi connectivity index (χ0v) is 16.4. The molecule has 2 heterocycles. The highest BCUT2D eigenvalue weighted by Gasteiger charge is 2.32. The second kappa shape index (κ2) is 8.85. The highest BCUT2D eigenvalue weighted by atomic mass is 16.3. The molecular weight excluding hydrogens is 342 g/mol. The summed E-state index contributed by atoms with van der Waals surface area (Å²) in [5.41, 5.74) is 1.69. The molecule has 2 saturated heterocycles. The lowest BCUT2D eigenvalue weighted by Crippen LogP contribution is -2.49. The van der Waals surface area contributed by atoms with E-state index < -0.39 is 0 Å². The van der Waals surface area contributed by atoms with Crippen LogP contribution in [-0.4, -0.2) is 71.6 Å². The molecule has 6 nitrogen and oxygen atoms in total. The molecular formula is C21H31N3O3. The van der Waals surface area contributed by atoms with Crippen molar-refractivity contribution in [3.8, 4) is 0 Å². The number of carbonyl (C=O) groups excluding carboxylic acids is 2. The van der Waals surface area contributed by atoms with Gasteiger partial charge in [-0.2, -0.15) is 0 Å². The van der Waals surface area contributed by atoms with E-state index >= 15 is 0 Å². The van der Waals surface area contributed by atoms with Crippen molar-refractivity contribution < 1.29 is 14.7 Å². The number of aliphatic hydroxyl groups is 1. The zero-order chi connectivity index (χ0) is 19.4. The molecule has 2 aliphatic heterocycles. The maximum atomic E-state index is 12.6. The molecule has 0 radical (unpaired) electrons. The highest BCUT2D eigenvalue weighted by molar-refractivity contribution is 5.95. The predicted molar refractivity (Wildman–Crippen MR) is 104 cm³/mol. The lowest BCUT2D eigenvalue weighted by atomic mass is 10.0. The second-order valence-corrected chi connectivity index (χ2v) is 7.87. The van der Waals surface area contributed by atoms with E-state index in [-0.39, 0.29) is 29.9 Å². The Morgan fingerprint density at radius 1 is 1.19 bits per heavy atom. The van der Waals surface area contributed by atoms with Crippen LogP contribution in [0.15, 0.2) is 24.3 Å². The first-order valence-corrected chi connectivity index (χ1v) is 10.0. The van der Waals surface area contributed by atoms with Gasteiger partial charge in [0.15, 0.2) is 0 Å². The van der Waals surface area contributed by atoms with Crippen LogP contribution in [0.1, 0.15) is 42.1 Å². The van der Waals surface area contributed by atoms with Gasteiger partial charge in [-0.1, -0.05) is 25.1 Å². The molecule has 0 aliphatic carbocycles. The minimum atomic E-state index is -0.315. The van der Waals surface area contributed by atoms with Crippen LogP contribution in [-0.2, 0) is 4.79 Å². The van der Waals surface area contributed by atoms with E-state index in [1.807, 2.05) is 36.1 Å². The largest absolute Gasteiger partial charge is 0.391 e. The molecule has 0 aromatic heterocycles. The standard InChI is InChI=1S/C21H31N3O3/c1-3-16-12-23(13-19(16)25)14-20(26)24-10-8-17(9-11-24)22-21(27)18-7-5-4-6-15(18)2/h4-7,16-17,19,25H,3,8-14H2,1-2H3,(H,22,27). The Morgan fingerprint density at radius 2 is 1.89 bits per heavy atom. The van der Waals surface area contributed by atoms with E-state index in [9.17, 15) is 14.7 Å². The number of carbonyl (C=O) groups is 2. The van der Waals surface area contributed by atoms with Gasteiger partial charge in [0, 0.05) is 37.8 Å². The van der Waals surface area contributed by atoms with Crippen molar-refractivity contribution in [3.05, 3.63) is 35.4 Å². The van der Waals surface area contributed by atoms with Crippen LogP contribution in [0.3, 0.4) is 0 Å². The molecule has 2 aliphatic rings. The maximum Gasteiger partial charge on any atom is 0.251 e. The lowest BCUT2D eigenvalue weighted by Gasteiger charge is -2.33. The number of piperidine rings is 1. The van der Waals surface area contributed by atoms with Gasteiger partial charge in [-0.15, -0.1) is 0 Å². The molecule has 2 atom stereocenters. The first kappa shape index (κ1) is 19.8. The van der Waals surface area contributed by atoms with Crippen molar-refractivity contribution in [1.82, 2.24) is 15.1 Å². The number of likely N-dealkylation sites (tertiary alicyclic amines) is 2. The molecule has 0 spiro atoms. The molecule has 2 amide bonds. The molecule has 0 bridgehead atoms. The molecule has 1 aromatic carbocycles. The molecule has 2 N–H and O–H groups in total. The number of aliphatic hydroxyl groups excluding tert-OH is 1. The topological polar surface area (TPSA) is 72.9 Å². The summed E-state index contributed by atoms with van der Waals surface area (Å²) in [6, 6.07) is 7.70.